The molecule has 1 amide bonds. The van der Waals surface area contributed by atoms with Crippen LogP contribution in [0.1, 0.15) is 37.1 Å². The van der Waals surface area contributed by atoms with Crippen LogP contribution in [0.25, 0.3) is 21.5 Å². The van der Waals surface area contributed by atoms with Crippen molar-refractivity contribution >= 4 is 39.7 Å². The molecule has 0 unspecified atom stereocenters. The predicted octanol–water partition coefficient (Wildman–Crippen LogP) is 5.03. The van der Waals surface area contributed by atoms with Gasteiger partial charge in [-0.15, -0.1) is 11.3 Å². The highest BCUT2D eigenvalue weighted by atomic mass is 32.1. The summed E-state index contributed by atoms with van der Waals surface area (Å²) in [5, 5.41) is 6.59. The molecule has 0 aliphatic rings. The van der Waals surface area contributed by atoms with Crippen molar-refractivity contribution in [3.05, 3.63) is 72.0 Å². The second kappa shape index (κ2) is 10.9. The number of imidazole rings is 1. The molecule has 0 spiro atoms. The second-order valence-electron chi connectivity index (χ2n) is 8.75. The summed E-state index contributed by atoms with van der Waals surface area (Å²) in [6, 6.07) is 11.5. The van der Waals surface area contributed by atoms with E-state index in [0.29, 0.717) is 41.3 Å². The van der Waals surface area contributed by atoms with Crippen LogP contribution in [-0.4, -0.2) is 43.1 Å². The summed E-state index contributed by atoms with van der Waals surface area (Å²) in [5.41, 5.74) is 8.00. The number of aromatic nitrogens is 5. The Kier molecular flexibility index (Phi) is 7.18. The Labute approximate surface area is 223 Å². The molecule has 3 N–H and O–H groups in total. The third kappa shape index (κ3) is 5.57. The summed E-state index contributed by atoms with van der Waals surface area (Å²) in [6.45, 7) is 6.82. The lowest BCUT2D eigenvalue weighted by atomic mass is 10.1. The Balaban J connectivity index is 1.58. The molecule has 0 saturated carbocycles. The summed E-state index contributed by atoms with van der Waals surface area (Å²) in [4.78, 5) is 29.6. The highest BCUT2D eigenvalue weighted by molar-refractivity contribution is 7.13. The maximum Gasteiger partial charge on any atom is 0.268 e. The van der Waals surface area contributed by atoms with Gasteiger partial charge in [-0.3, -0.25) is 4.79 Å². The van der Waals surface area contributed by atoms with Crippen molar-refractivity contribution in [1.82, 2.24) is 24.5 Å². The first kappa shape index (κ1) is 25.2. The van der Waals surface area contributed by atoms with Crippen LogP contribution < -0.4 is 20.5 Å². The van der Waals surface area contributed by atoms with Gasteiger partial charge >= 0.3 is 0 Å². The van der Waals surface area contributed by atoms with Crippen molar-refractivity contribution in [1.29, 1.82) is 0 Å². The fourth-order valence-corrected chi connectivity index (χ4v) is 4.70. The second-order valence-corrected chi connectivity index (χ2v) is 9.61. The summed E-state index contributed by atoms with van der Waals surface area (Å²) in [6.07, 6.45) is 5.28. The smallest absolute Gasteiger partial charge is 0.268 e. The van der Waals surface area contributed by atoms with Crippen LogP contribution in [0.5, 0.6) is 11.5 Å². The fraction of sp³-hybridized carbons (Fsp3) is 0.222. The minimum Gasteiger partial charge on any atom is -0.490 e. The number of ether oxygens (including phenoxy) is 2. The van der Waals surface area contributed by atoms with E-state index < -0.39 is 5.91 Å². The molecule has 5 rings (SSSR count). The van der Waals surface area contributed by atoms with Gasteiger partial charge in [-0.2, -0.15) is 0 Å². The summed E-state index contributed by atoms with van der Waals surface area (Å²) >= 11 is 1.36. The lowest BCUT2D eigenvalue weighted by Crippen LogP contribution is -2.10. The molecule has 0 bridgehead atoms. The first-order chi connectivity index (χ1) is 18.4. The summed E-state index contributed by atoms with van der Waals surface area (Å²) in [7, 11) is 0. The molecule has 11 heteroatoms. The van der Waals surface area contributed by atoms with E-state index in [9.17, 15) is 4.79 Å². The Morgan fingerprint density at radius 3 is 2.74 bits per heavy atom. The molecular weight excluding hydrogens is 502 g/mol. The van der Waals surface area contributed by atoms with Gasteiger partial charge in [0.15, 0.2) is 17.3 Å². The van der Waals surface area contributed by atoms with Crippen LogP contribution in [-0.2, 0) is 6.54 Å². The minimum absolute atomic E-state index is 0.0276. The summed E-state index contributed by atoms with van der Waals surface area (Å²) < 4.78 is 13.8. The number of fused-ring (bicyclic) bond motifs is 1. The van der Waals surface area contributed by atoms with Crippen LogP contribution in [0, 0.1) is 0 Å². The van der Waals surface area contributed by atoms with Gasteiger partial charge in [-0.05, 0) is 39.0 Å². The van der Waals surface area contributed by atoms with Crippen LogP contribution in [0.15, 0.2) is 60.5 Å². The van der Waals surface area contributed by atoms with Crippen molar-refractivity contribution in [2.45, 2.75) is 33.4 Å². The first-order valence-electron chi connectivity index (χ1n) is 12.1. The number of nitrogens with two attached hydrogens (primary N) is 1. The first-order valence-corrected chi connectivity index (χ1v) is 13.0. The quantitative estimate of drug-likeness (QED) is 0.258. The number of amides is 1. The van der Waals surface area contributed by atoms with Crippen molar-refractivity contribution in [3.63, 3.8) is 0 Å². The number of nitrogens with one attached hydrogen (secondary N) is 1. The number of nitrogens with zero attached hydrogens (tertiary/aromatic N) is 5. The molecule has 10 nitrogen and oxygen atoms in total. The number of carbonyl (C=O) groups is 1. The molecule has 0 saturated heterocycles. The number of primary amides is 1. The average molecular weight is 530 g/mol. The van der Waals surface area contributed by atoms with Crippen LogP contribution in [0.2, 0.25) is 0 Å². The monoisotopic (exact) mass is 529 g/mol. The molecule has 194 valence electrons. The molecule has 0 aliphatic heterocycles. The highest BCUT2D eigenvalue weighted by Crippen LogP contribution is 2.36. The Hall–Kier alpha value is -4.51. The molecule has 0 radical (unpaired) electrons. The lowest BCUT2D eigenvalue weighted by Gasteiger charge is -2.17. The number of thiazole rings is 1. The van der Waals surface area contributed by atoms with Crippen LogP contribution in [0.3, 0.4) is 0 Å². The standard InChI is InChI=1S/C27H27N7O3S/c1-4-36-22-11-19-20(12-23(22)37-16(2)3)31-24(13-34-9-8-29-15-34)33-26(19)30-18-7-5-6-17(10-18)27-32-21(14-38-27)25(28)35/h5-12,14-16H,4,13H2,1-3H3,(H2,28,35)(H,30,31,33). The van der Waals surface area contributed by atoms with E-state index in [1.54, 1.807) is 17.9 Å². The van der Waals surface area contributed by atoms with Gasteiger partial charge in [-0.1, -0.05) is 12.1 Å². The zero-order valence-corrected chi connectivity index (χ0v) is 22.0. The van der Waals surface area contributed by atoms with E-state index in [2.05, 4.69) is 15.3 Å². The van der Waals surface area contributed by atoms with Crippen molar-refractivity contribution in [2.24, 2.45) is 5.73 Å². The zero-order chi connectivity index (χ0) is 26.6. The molecule has 0 atom stereocenters. The van der Waals surface area contributed by atoms with Gasteiger partial charge in [0, 0.05) is 40.5 Å². The van der Waals surface area contributed by atoms with Crippen molar-refractivity contribution in [2.75, 3.05) is 11.9 Å². The Bertz CT molecular complexity index is 1580. The van der Waals surface area contributed by atoms with E-state index in [1.807, 2.05) is 67.9 Å². The number of rotatable bonds is 10. The topological polar surface area (TPSA) is 130 Å². The lowest BCUT2D eigenvalue weighted by molar-refractivity contribution is 0.0996. The van der Waals surface area contributed by atoms with Gasteiger partial charge in [0.25, 0.3) is 5.91 Å². The van der Waals surface area contributed by atoms with E-state index in [4.69, 9.17) is 25.2 Å². The van der Waals surface area contributed by atoms with Crippen molar-refractivity contribution in [3.8, 4) is 22.1 Å². The fourth-order valence-electron chi connectivity index (χ4n) is 3.89. The third-order valence-corrected chi connectivity index (χ3v) is 6.37. The highest BCUT2D eigenvalue weighted by Gasteiger charge is 2.16. The SMILES string of the molecule is CCOc1cc2c(Nc3cccc(-c4nc(C(N)=O)cs4)c3)nc(Cn3ccnc3)nc2cc1OC(C)C. The largest absolute Gasteiger partial charge is 0.490 e. The maximum absolute atomic E-state index is 11.5. The minimum atomic E-state index is -0.550. The van der Waals surface area contributed by atoms with Crippen LogP contribution in [0.4, 0.5) is 11.5 Å². The maximum atomic E-state index is 11.5. The van der Waals surface area contributed by atoms with Gasteiger partial charge in [0.05, 0.1) is 31.1 Å². The normalized spacial score (nSPS) is 11.2. The number of hydrogen-bond acceptors (Lipinski definition) is 9. The Morgan fingerprint density at radius 2 is 2.03 bits per heavy atom. The molecule has 0 fully saturated rings. The molecule has 0 aliphatic carbocycles. The number of hydrogen-bond donors (Lipinski definition) is 2. The van der Waals surface area contributed by atoms with Gasteiger partial charge in [0.1, 0.15) is 16.5 Å². The van der Waals surface area contributed by atoms with E-state index in [1.165, 1.54) is 11.3 Å². The summed E-state index contributed by atoms with van der Waals surface area (Å²) in [5.74, 6) is 1.93. The molecule has 3 heterocycles. The molecule has 38 heavy (non-hydrogen) atoms. The van der Waals surface area contributed by atoms with Gasteiger partial charge in [0.2, 0.25) is 0 Å². The van der Waals surface area contributed by atoms with Crippen molar-refractivity contribution < 1.29 is 14.3 Å². The number of anilines is 2. The zero-order valence-electron chi connectivity index (χ0n) is 21.2. The van der Waals surface area contributed by atoms with E-state index in [-0.39, 0.29) is 11.8 Å². The predicted molar refractivity (Wildman–Crippen MR) is 147 cm³/mol. The average Bonchev–Trinajstić information content (AvgIpc) is 3.57. The number of benzene rings is 2. The van der Waals surface area contributed by atoms with Gasteiger partial charge in [-0.25, -0.2) is 19.9 Å². The third-order valence-electron chi connectivity index (χ3n) is 5.48. The molecule has 2 aromatic carbocycles. The van der Waals surface area contributed by atoms with Crippen LogP contribution >= 0.6 is 11.3 Å². The Morgan fingerprint density at radius 1 is 1.16 bits per heavy atom. The van der Waals surface area contributed by atoms with E-state index >= 15 is 0 Å². The molecule has 3 aromatic heterocycles. The van der Waals surface area contributed by atoms with Gasteiger partial charge < -0.3 is 25.1 Å². The number of carbonyl (C=O) groups excluding carboxylic acids is 1. The molecule has 5 aromatic rings. The molecular formula is C27H27N7O3S. The van der Waals surface area contributed by atoms with E-state index in [0.717, 1.165) is 22.2 Å².